The second-order valence-electron chi connectivity index (χ2n) is 9.94. The van der Waals surface area contributed by atoms with Gasteiger partial charge in [-0.05, 0) is 29.0 Å². The summed E-state index contributed by atoms with van der Waals surface area (Å²) in [5.41, 5.74) is 8.02. The number of aryl methyl sites for hydroxylation is 1. The van der Waals surface area contributed by atoms with Gasteiger partial charge in [0.15, 0.2) is 6.10 Å². The Morgan fingerprint density at radius 1 is 0.878 bits per heavy atom. The van der Waals surface area contributed by atoms with Crippen molar-refractivity contribution in [3.63, 3.8) is 0 Å². The monoisotopic (exact) mass is 566 g/mol. The number of nitrogens with two attached hydrogens (primary N) is 1. The van der Waals surface area contributed by atoms with E-state index in [-0.39, 0.29) is 19.4 Å². The number of hydrogen-bond donors (Lipinski definition) is 2. The number of rotatable bonds is 15. The molecule has 4 atom stereocenters. The minimum absolute atomic E-state index is 0.0762. The molecule has 0 aliphatic rings. The summed E-state index contributed by atoms with van der Waals surface area (Å²) in [6.07, 6.45) is -2.43. The highest BCUT2D eigenvalue weighted by molar-refractivity contribution is 5.87. The Morgan fingerprint density at radius 2 is 1.41 bits per heavy atom. The van der Waals surface area contributed by atoms with E-state index in [1.54, 1.807) is 67.6 Å². The maximum absolute atomic E-state index is 15.6. The highest BCUT2D eigenvalue weighted by Gasteiger charge is 2.51. The van der Waals surface area contributed by atoms with E-state index < -0.39 is 54.1 Å². The molecule has 3 N–H and O–H groups in total. The quantitative estimate of drug-likeness (QED) is 0.256. The number of hydrogen-bond acceptors (Lipinski definition) is 6. The van der Waals surface area contributed by atoms with Crippen molar-refractivity contribution in [2.24, 2.45) is 11.7 Å². The number of nitrogens with one attached hydrogen (secondary N) is 1. The summed E-state index contributed by atoms with van der Waals surface area (Å²) in [7, 11) is 1.07. The minimum Gasteiger partial charge on any atom is -0.461 e. The smallest absolute Gasteiger partial charge is 0.333 e. The van der Waals surface area contributed by atoms with Crippen molar-refractivity contribution in [3.8, 4) is 0 Å². The number of ketones is 1. The van der Waals surface area contributed by atoms with E-state index in [0.717, 1.165) is 18.2 Å². The second kappa shape index (κ2) is 15.2. The summed E-state index contributed by atoms with van der Waals surface area (Å²) in [6.45, 7) is 1.67. The molecule has 3 aromatic rings. The molecule has 0 saturated heterocycles. The molecule has 0 aliphatic carbocycles. The zero-order valence-corrected chi connectivity index (χ0v) is 23.2. The third kappa shape index (κ3) is 9.03. The summed E-state index contributed by atoms with van der Waals surface area (Å²) in [5.74, 6) is -7.20. The van der Waals surface area contributed by atoms with Gasteiger partial charge in [0.1, 0.15) is 6.61 Å². The van der Waals surface area contributed by atoms with Crippen molar-refractivity contribution in [1.82, 2.24) is 5.32 Å². The van der Waals surface area contributed by atoms with Crippen LogP contribution in [-0.4, -0.2) is 42.8 Å². The Hall–Kier alpha value is -3.95. The highest BCUT2D eigenvalue weighted by atomic mass is 19.3. The molecule has 0 radical (unpaired) electrons. The van der Waals surface area contributed by atoms with Crippen LogP contribution in [0.3, 0.4) is 0 Å². The SMILES string of the molecule is COC(C(NC(=O)[C@@H](N)C(C)CC(=O)OCc1ccccc1)c1ccccc1)C(F)(F)C(=O)CCc1ccccc1. The van der Waals surface area contributed by atoms with Crippen LogP contribution in [0.1, 0.15) is 42.5 Å². The molecule has 9 heteroatoms. The van der Waals surface area contributed by atoms with E-state index in [4.69, 9.17) is 15.2 Å². The van der Waals surface area contributed by atoms with Crippen molar-refractivity contribution in [1.29, 1.82) is 0 Å². The third-order valence-corrected chi connectivity index (χ3v) is 6.87. The van der Waals surface area contributed by atoms with Gasteiger partial charge >= 0.3 is 11.9 Å². The van der Waals surface area contributed by atoms with E-state index in [0.29, 0.717) is 5.56 Å². The largest absolute Gasteiger partial charge is 0.461 e. The predicted octanol–water partition coefficient (Wildman–Crippen LogP) is 4.79. The maximum atomic E-state index is 15.6. The molecule has 3 unspecified atom stereocenters. The van der Waals surface area contributed by atoms with Crippen LogP contribution in [-0.2, 0) is 36.9 Å². The molecule has 0 aliphatic heterocycles. The van der Waals surface area contributed by atoms with Gasteiger partial charge in [-0.1, -0.05) is 97.9 Å². The van der Waals surface area contributed by atoms with Crippen LogP contribution in [0.5, 0.6) is 0 Å². The average Bonchev–Trinajstić information content (AvgIpc) is 2.99. The van der Waals surface area contributed by atoms with Gasteiger partial charge in [-0.2, -0.15) is 8.78 Å². The predicted molar refractivity (Wildman–Crippen MR) is 151 cm³/mol. The fraction of sp³-hybridized carbons (Fsp3) is 0.344. The molecule has 0 bridgehead atoms. The highest BCUT2D eigenvalue weighted by Crippen LogP contribution is 2.34. The van der Waals surface area contributed by atoms with Crippen molar-refractivity contribution < 1.29 is 32.6 Å². The fourth-order valence-electron chi connectivity index (χ4n) is 4.41. The van der Waals surface area contributed by atoms with Crippen LogP contribution in [0.2, 0.25) is 0 Å². The molecule has 3 rings (SSSR count). The zero-order valence-electron chi connectivity index (χ0n) is 23.2. The zero-order chi connectivity index (χ0) is 29.8. The van der Waals surface area contributed by atoms with Crippen LogP contribution in [0.4, 0.5) is 8.78 Å². The third-order valence-electron chi connectivity index (χ3n) is 6.87. The summed E-state index contributed by atoms with van der Waals surface area (Å²) >= 11 is 0. The molecular weight excluding hydrogens is 530 g/mol. The van der Waals surface area contributed by atoms with Crippen LogP contribution >= 0.6 is 0 Å². The van der Waals surface area contributed by atoms with Gasteiger partial charge in [-0.15, -0.1) is 0 Å². The van der Waals surface area contributed by atoms with Gasteiger partial charge in [0, 0.05) is 13.5 Å². The Bertz CT molecular complexity index is 1260. The fourth-order valence-corrected chi connectivity index (χ4v) is 4.41. The van der Waals surface area contributed by atoms with Gasteiger partial charge in [0.05, 0.1) is 18.5 Å². The van der Waals surface area contributed by atoms with Gasteiger partial charge in [0.2, 0.25) is 11.7 Å². The standard InChI is InChI=1S/C32H36F2N2O5/c1-22(20-27(38)41-21-24-14-8-4-9-15-24)28(35)31(39)36-29(25-16-10-5-11-17-25)30(40-2)32(33,34)26(37)19-18-23-12-6-3-7-13-23/h3-17,22,28-30H,18-21,35H2,1-2H3,(H,36,39)/t22?,28-,29?,30?/m0/s1. The lowest BCUT2D eigenvalue weighted by Crippen LogP contribution is -2.54. The number of alkyl halides is 2. The number of amides is 1. The molecule has 1 amide bonds. The lowest BCUT2D eigenvalue weighted by molar-refractivity contribution is -0.171. The van der Waals surface area contributed by atoms with Crippen molar-refractivity contribution in [3.05, 3.63) is 108 Å². The van der Waals surface area contributed by atoms with Gasteiger partial charge in [-0.25, -0.2) is 0 Å². The van der Waals surface area contributed by atoms with Crippen LogP contribution in [0.15, 0.2) is 91.0 Å². The molecule has 0 saturated carbocycles. The van der Waals surface area contributed by atoms with E-state index in [1.807, 2.05) is 30.3 Å². The van der Waals surface area contributed by atoms with Gasteiger partial charge in [0.25, 0.3) is 0 Å². The molecule has 41 heavy (non-hydrogen) atoms. The number of halogens is 2. The topological polar surface area (TPSA) is 108 Å². The number of esters is 1. The Balaban J connectivity index is 1.70. The molecule has 7 nitrogen and oxygen atoms in total. The first-order chi connectivity index (χ1) is 19.6. The van der Waals surface area contributed by atoms with E-state index >= 15 is 8.78 Å². The first-order valence-corrected chi connectivity index (χ1v) is 13.4. The maximum Gasteiger partial charge on any atom is 0.333 e. The number of benzene rings is 3. The minimum atomic E-state index is -3.92. The summed E-state index contributed by atoms with van der Waals surface area (Å²) < 4.78 is 41.7. The Morgan fingerprint density at radius 3 is 1.98 bits per heavy atom. The summed E-state index contributed by atoms with van der Waals surface area (Å²) in [4.78, 5) is 38.3. The molecule has 0 aromatic heterocycles. The van der Waals surface area contributed by atoms with Crippen LogP contribution < -0.4 is 11.1 Å². The molecule has 0 fully saturated rings. The lowest BCUT2D eigenvalue weighted by atomic mass is 9.91. The molecular formula is C32H36F2N2O5. The van der Waals surface area contributed by atoms with Crippen LogP contribution in [0.25, 0.3) is 0 Å². The molecule has 218 valence electrons. The lowest BCUT2D eigenvalue weighted by Gasteiger charge is -2.33. The van der Waals surface area contributed by atoms with Crippen molar-refractivity contribution in [2.45, 2.75) is 56.9 Å². The van der Waals surface area contributed by atoms with Gasteiger partial charge < -0.3 is 20.5 Å². The van der Waals surface area contributed by atoms with Crippen LogP contribution in [0, 0.1) is 5.92 Å². The van der Waals surface area contributed by atoms with E-state index in [9.17, 15) is 14.4 Å². The number of carbonyl (C=O) groups is 3. The van der Waals surface area contributed by atoms with Gasteiger partial charge in [-0.3, -0.25) is 14.4 Å². The van der Waals surface area contributed by atoms with Crippen molar-refractivity contribution in [2.75, 3.05) is 7.11 Å². The van der Waals surface area contributed by atoms with E-state index in [1.165, 1.54) is 0 Å². The first-order valence-electron chi connectivity index (χ1n) is 13.4. The van der Waals surface area contributed by atoms with E-state index in [2.05, 4.69) is 5.32 Å². The summed E-state index contributed by atoms with van der Waals surface area (Å²) in [6, 6.07) is 23.4. The summed E-state index contributed by atoms with van der Waals surface area (Å²) in [5, 5.41) is 2.56. The second-order valence-corrected chi connectivity index (χ2v) is 9.94. The number of carbonyl (C=O) groups excluding carboxylic acids is 3. The number of Topliss-reactive ketones (excluding diaryl/α,β-unsaturated/α-hetero) is 1. The molecule has 0 spiro atoms. The number of ether oxygens (including phenoxy) is 2. The molecule has 3 aromatic carbocycles. The first kappa shape index (κ1) is 31.6. The van der Waals surface area contributed by atoms with Crippen molar-refractivity contribution >= 4 is 17.7 Å². The Kier molecular flexibility index (Phi) is 11.7. The Labute approximate surface area is 239 Å². The normalized spacial score (nSPS) is 14.4. The number of methoxy groups -OCH3 is 1. The molecule has 0 heterocycles. The average molecular weight is 567 g/mol.